The van der Waals surface area contributed by atoms with Gasteiger partial charge in [0.2, 0.25) is 0 Å². The molecule has 0 spiro atoms. The van der Waals surface area contributed by atoms with E-state index in [0.717, 1.165) is 22.9 Å². The first-order valence-electron chi connectivity index (χ1n) is 8.73. The lowest BCUT2D eigenvalue weighted by Gasteiger charge is -2.49. The van der Waals surface area contributed by atoms with E-state index >= 15 is 0 Å². The Hall–Kier alpha value is -1.61. The van der Waals surface area contributed by atoms with Gasteiger partial charge in [-0.05, 0) is 19.4 Å². The molecule has 0 aliphatic carbocycles. The van der Waals surface area contributed by atoms with Crippen molar-refractivity contribution in [1.82, 2.24) is 0 Å². The summed E-state index contributed by atoms with van der Waals surface area (Å²) in [6, 6.07) is 11.4. The third-order valence-corrected chi connectivity index (χ3v) is 6.23. The molecule has 0 saturated carbocycles. The van der Waals surface area contributed by atoms with E-state index in [4.69, 9.17) is 4.74 Å². The van der Waals surface area contributed by atoms with Crippen LogP contribution in [0.25, 0.3) is 5.57 Å². The number of nitrogens with zero attached hydrogens (tertiary/aromatic N) is 1. The Morgan fingerprint density at radius 1 is 1.17 bits per heavy atom. The number of esters is 1. The Morgan fingerprint density at radius 2 is 1.74 bits per heavy atom. The minimum absolute atomic E-state index is 0.0467. The molecule has 23 heavy (non-hydrogen) atoms. The van der Waals surface area contributed by atoms with Crippen molar-refractivity contribution in [1.29, 1.82) is 0 Å². The highest BCUT2D eigenvalue weighted by molar-refractivity contribution is 6.15. The molecule has 2 saturated heterocycles. The standard InChI is InChI=1S/C20H28NO2/c1-14(2)21(4)17-10-11-18(21)13-19(12-17)23-20(22)15(3)16-8-6-5-7-9-16/h5-9,14,17-19H,3,10-13H2,1-2,4H3/q+1/t17-,18+,19?,21?. The molecule has 2 heterocycles. The lowest BCUT2D eigenvalue weighted by atomic mass is 9.94. The van der Waals surface area contributed by atoms with Crippen molar-refractivity contribution >= 4 is 11.5 Å². The summed E-state index contributed by atoms with van der Waals surface area (Å²) in [7, 11) is 2.38. The maximum absolute atomic E-state index is 12.4. The fourth-order valence-electron chi connectivity index (χ4n) is 4.55. The maximum Gasteiger partial charge on any atom is 0.338 e. The van der Waals surface area contributed by atoms with Crippen molar-refractivity contribution in [2.75, 3.05) is 7.05 Å². The van der Waals surface area contributed by atoms with Crippen molar-refractivity contribution < 1.29 is 14.0 Å². The Kier molecular flexibility index (Phi) is 4.33. The van der Waals surface area contributed by atoms with Crippen molar-refractivity contribution in [2.24, 2.45) is 0 Å². The minimum Gasteiger partial charge on any atom is -0.458 e. The van der Waals surface area contributed by atoms with Gasteiger partial charge in [0.25, 0.3) is 0 Å². The van der Waals surface area contributed by atoms with Crippen molar-refractivity contribution in [2.45, 2.75) is 63.8 Å². The SMILES string of the molecule is C=C(C(=O)OC1C[C@H]2CC[C@@H](C1)[N+]2(C)C(C)C)c1ccccc1. The number of carbonyl (C=O) groups is 1. The Morgan fingerprint density at radius 3 is 2.26 bits per heavy atom. The predicted molar refractivity (Wildman–Crippen MR) is 92.7 cm³/mol. The first kappa shape index (κ1) is 16.3. The summed E-state index contributed by atoms with van der Waals surface area (Å²) in [6.07, 6.45) is 4.53. The molecule has 1 aromatic rings. The van der Waals surface area contributed by atoms with Gasteiger partial charge in [0.1, 0.15) is 6.10 Å². The van der Waals surface area contributed by atoms with E-state index in [0.29, 0.717) is 23.7 Å². The van der Waals surface area contributed by atoms with Gasteiger partial charge in [-0.2, -0.15) is 0 Å². The quantitative estimate of drug-likeness (QED) is 0.480. The van der Waals surface area contributed by atoms with Gasteiger partial charge in [-0.3, -0.25) is 0 Å². The number of piperidine rings is 1. The fraction of sp³-hybridized carbons (Fsp3) is 0.550. The molecule has 4 atom stereocenters. The number of hydrogen-bond acceptors (Lipinski definition) is 2. The van der Waals surface area contributed by atoms with E-state index in [1.807, 2.05) is 30.3 Å². The first-order valence-corrected chi connectivity index (χ1v) is 8.73. The van der Waals surface area contributed by atoms with Crippen LogP contribution in [-0.2, 0) is 9.53 Å². The first-order chi connectivity index (χ1) is 10.9. The van der Waals surface area contributed by atoms with Crippen LogP contribution in [0.15, 0.2) is 36.9 Å². The maximum atomic E-state index is 12.4. The number of ether oxygens (including phenoxy) is 1. The van der Waals surface area contributed by atoms with Crippen LogP contribution < -0.4 is 0 Å². The molecule has 0 radical (unpaired) electrons. The summed E-state index contributed by atoms with van der Waals surface area (Å²) in [5, 5.41) is 0. The van der Waals surface area contributed by atoms with Crippen LogP contribution in [0, 0.1) is 0 Å². The largest absolute Gasteiger partial charge is 0.458 e. The molecule has 1 aromatic carbocycles. The van der Waals surface area contributed by atoms with Gasteiger partial charge in [-0.1, -0.05) is 36.9 Å². The van der Waals surface area contributed by atoms with Crippen LogP contribution in [0.1, 0.15) is 45.1 Å². The normalized spacial score (nSPS) is 32.8. The Balaban J connectivity index is 1.65. The molecule has 2 aliphatic rings. The van der Waals surface area contributed by atoms with Gasteiger partial charge in [0.05, 0.1) is 30.7 Å². The number of benzene rings is 1. The molecular formula is C20H28NO2+. The van der Waals surface area contributed by atoms with Gasteiger partial charge in [-0.15, -0.1) is 0 Å². The van der Waals surface area contributed by atoms with Crippen molar-refractivity contribution in [3.05, 3.63) is 42.5 Å². The van der Waals surface area contributed by atoms with E-state index in [-0.39, 0.29) is 12.1 Å². The second kappa shape index (κ2) is 6.12. The number of rotatable bonds is 4. The molecule has 3 rings (SSSR count). The van der Waals surface area contributed by atoms with E-state index in [1.165, 1.54) is 12.8 Å². The third kappa shape index (κ3) is 2.83. The van der Waals surface area contributed by atoms with E-state index in [9.17, 15) is 4.79 Å². The average molecular weight is 314 g/mol. The van der Waals surface area contributed by atoms with Crippen LogP contribution in [0.5, 0.6) is 0 Å². The van der Waals surface area contributed by atoms with Gasteiger partial charge in [-0.25, -0.2) is 4.79 Å². The van der Waals surface area contributed by atoms with Crippen LogP contribution >= 0.6 is 0 Å². The van der Waals surface area contributed by atoms with Gasteiger partial charge >= 0.3 is 5.97 Å². The summed E-state index contributed by atoms with van der Waals surface area (Å²) in [6.45, 7) is 8.55. The third-order valence-electron chi connectivity index (χ3n) is 6.23. The van der Waals surface area contributed by atoms with Gasteiger partial charge in [0, 0.05) is 25.7 Å². The second-order valence-corrected chi connectivity index (χ2v) is 7.54. The van der Waals surface area contributed by atoms with Crippen LogP contribution in [0.4, 0.5) is 0 Å². The molecule has 2 unspecified atom stereocenters. The summed E-state index contributed by atoms with van der Waals surface area (Å²) < 4.78 is 6.96. The number of quaternary nitrogens is 1. The van der Waals surface area contributed by atoms with E-state index < -0.39 is 0 Å². The molecule has 2 fully saturated rings. The zero-order valence-electron chi connectivity index (χ0n) is 14.5. The van der Waals surface area contributed by atoms with Gasteiger partial charge in [0.15, 0.2) is 0 Å². The van der Waals surface area contributed by atoms with Crippen molar-refractivity contribution in [3.63, 3.8) is 0 Å². The topological polar surface area (TPSA) is 26.3 Å². The fourth-order valence-corrected chi connectivity index (χ4v) is 4.55. The number of hydrogen-bond donors (Lipinski definition) is 0. The summed E-state index contributed by atoms with van der Waals surface area (Å²) >= 11 is 0. The molecule has 3 nitrogen and oxygen atoms in total. The van der Waals surface area contributed by atoms with Crippen molar-refractivity contribution in [3.8, 4) is 0 Å². The zero-order chi connectivity index (χ0) is 16.6. The lowest BCUT2D eigenvalue weighted by molar-refractivity contribution is -0.968. The van der Waals surface area contributed by atoms with E-state index in [1.54, 1.807) is 0 Å². The molecule has 3 heteroatoms. The zero-order valence-corrected chi connectivity index (χ0v) is 14.5. The smallest absolute Gasteiger partial charge is 0.338 e. The predicted octanol–water partition coefficient (Wildman–Crippen LogP) is 3.79. The molecule has 0 amide bonds. The molecule has 124 valence electrons. The lowest BCUT2D eigenvalue weighted by Crippen LogP contribution is -2.62. The highest BCUT2D eigenvalue weighted by atomic mass is 16.5. The molecule has 0 N–H and O–H groups in total. The van der Waals surface area contributed by atoms with E-state index in [2.05, 4.69) is 27.5 Å². The highest BCUT2D eigenvalue weighted by Crippen LogP contribution is 2.44. The Labute approximate surface area is 139 Å². The summed E-state index contributed by atoms with van der Waals surface area (Å²) in [4.78, 5) is 12.4. The number of carbonyl (C=O) groups excluding carboxylic acids is 1. The van der Waals surface area contributed by atoms with Gasteiger partial charge < -0.3 is 9.22 Å². The molecule has 0 aromatic heterocycles. The number of fused-ring (bicyclic) bond motifs is 2. The monoisotopic (exact) mass is 314 g/mol. The second-order valence-electron chi connectivity index (χ2n) is 7.54. The average Bonchev–Trinajstić information content (AvgIpc) is 2.73. The van der Waals surface area contributed by atoms with Crippen LogP contribution in [-0.4, -0.2) is 41.7 Å². The van der Waals surface area contributed by atoms with Crippen LogP contribution in [0.2, 0.25) is 0 Å². The molecule has 2 aliphatic heterocycles. The molecule has 2 bridgehead atoms. The Bertz CT molecular complexity index is 579. The highest BCUT2D eigenvalue weighted by Gasteiger charge is 2.53. The minimum atomic E-state index is -0.263. The molecular weight excluding hydrogens is 286 g/mol. The van der Waals surface area contributed by atoms with Crippen LogP contribution in [0.3, 0.4) is 0 Å². The summed E-state index contributed by atoms with van der Waals surface area (Å²) in [5.74, 6) is -0.263. The summed E-state index contributed by atoms with van der Waals surface area (Å²) in [5.41, 5.74) is 1.31.